The SMILES string of the molecule is CN(CC(=O)Nc1cc(Cl)c(N)c(Cl)c1)C(=O)c1ccc(Br)s1. The largest absolute Gasteiger partial charge is 0.396 e. The van der Waals surface area contributed by atoms with Crippen LogP contribution < -0.4 is 11.1 Å². The Kier molecular flexibility index (Phi) is 5.91. The van der Waals surface area contributed by atoms with Crippen LogP contribution in [0.5, 0.6) is 0 Å². The van der Waals surface area contributed by atoms with Crippen LogP contribution in [0.15, 0.2) is 28.1 Å². The fourth-order valence-electron chi connectivity index (χ4n) is 1.76. The third kappa shape index (κ3) is 4.60. The molecule has 0 bridgehead atoms. The highest BCUT2D eigenvalue weighted by Gasteiger charge is 2.17. The Hall–Kier alpha value is -1.28. The molecule has 1 aromatic heterocycles. The molecule has 0 unspecified atom stereocenters. The molecule has 2 amide bonds. The molecule has 0 aliphatic carbocycles. The van der Waals surface area contributed by atoms with Crippen molar-refractivity contribution in [1.82, 2.24) is 4.90 Å². The summed E-state index contributed by atoms with van der Waals surface area (Å²) in [5.74, 6) is -0.599. The lowest BCUT2D eigenvalue weighted by atomic mass is 10.2. The number of hydrogen-bond donors (Lipinski definition) is 2. The summed E-state index contributed by atoms with van der Waals surface area (Å²) in [5, 5.41) is 3.13. The lowest BCUT2D eigenvalue weighted by Crippen LogP contribution is -2.34. The van der Waals surface area contributed by atoms with Crippen molar-refractivity contribution in [3.63, 3.8) is 0 Å². The maximum Gasteiger partial charge on any atom is 0.264 e. The van der Waals surface area contributed by atoms with Crippen LogP contribution in [0.4, 0.5) is 11.4 Å². The summed E-state index contributed by atoms with van der Waals surface area (Å²) in [5.41, 5.74) is 6.30. The average Bonchev–Trinajstić information content (AvgIpc) is 2.90. The van der Waals surface area contributed by atoms with Crippen molar-refractivity contribution in [2.45, 2.75) is 0 Å². The summed E-state index contributed by atoms with van der Waals surface area (Å²) < 4.78 is 0.852. The Morgan fingerprint density at radius 2 is 1.91 bits per heavy atom. The van der Waals surface area contributed by atoms with Gasteiger partial charge in [-0.15, -0.1) is 11.3 Å². The van der Waals surface area contributed by atoms with Crippen molar-refractivity contribution in [3.8, 4) is 0 Å². The van der Waals surface area contributed by atoms with Gasteiger partial charge >= 0.3 is 0 Å². The Balaban J connectivity index is 2.00. The summed E-state index contributed by atoms with van der Waals surface area (Å²) in [4.78, 5) is 26.1. The molecule has 122 valence electrons. The number of thiophene rings is 1. The molecule has 1 heterocycles. The van der Waals surface area contributed by atoms with Gasteiger partial charge in [-0.2, -0.15) is 0 Å². The van der Waals surface area contributed by atoms with Gasteiger partial charge in [0.15, 0.2) is 0 Å². The number of nitrogens with zero attached hydrogens (tertiary/aromatic N) is 1. The zero-order valence-corrected chi connectivity index (χ0v) is 15.8. The lowest BCUT2D eigenvalue weighted by Gasteiger charge is -2.16. The molecule has 0 aliphatic heterocycles. The summed E-state index contributed by atoms with van der Waals surface area (Å²) in [7, 11) is 1.55. The van der Waals surface area contributed by atoms with E-state index >= 15 is 0 Å². The van der Waals surface area contributed by atoms with Gasteiger partial charge in [0.05, 0.1) is 30.9 Å². The van der Waals surface area contributed by atoms with E-state index in [4.69, 9.17) is 28.9 Å². The Bertz CT molecular complexity index is 743. The quantitative estimate of drug-likeness (QED) is 0.708. The van der Waals surface area contributed by atoms with E-state index in [1.807, 2.05) is 0 Å². The second kappa shape index (κ2) is 7.53. The first kappa shape index (κ1) is 18.1. The molecule has 0 fully saturated rings. The minimum atomic E-state index is -0.367. The van der Waals surface area contributed by atoms with Gasteiger partial charge in [0.1, 0.15) is 0 Å². The zero-order valence-electron chi connectivity index (χ0n) is 11.9. The number of carbonyl (C=O) groups is 2. The normalized spacial score (nSPS) is 10.4. The molecule has 2 aromatic rings. The van der Waals surface area contributed by atoms with Gasteiger partial charge in [-0.25, -0.2) is 0 Å². The van der Waals surface area contributed by atoms with Crippen molar-refractivity contribution >= 4 is 73.7 Å². The number of amides is 2. The first-order valence-corrected chi connectivity index (χ1v) is 8.69. The van der Waals surface area contributed by atoms with Crippen LogP contribution in [-0.4, -0.2) is 30.3 Å². The van der Waals surface area contributed by atoms with Gasteiger partial charge in [0.2, 0.25) is 5.91 Å². The minimum absolute atomic E-state index is 0.103. The predicted octanol–water partition coefficient (Wildman–Crippen LogP) is 4.11. The molecule has 0 saturated heterocycles. The second-order valence-electron chi connectivity index (χ2n) is 4.67. The Labute approximate surface area is 155 Å². The molecule has 2 rings (SSSR count). The topological polar surface area (TPSA) is 75.4 Å². The van der Waals surface area contributed by atoms with E-state index in [9.17, 15) is 9.59 Å². The van der Waals surface area contributed by atoms with E-state index in [0.717, 1.165) is 3.79 Å². The van der Waals surface area contributed by atoms with Crippen LogP contribution in [0.25, 0.3) is 0 Å². The van der Waals surface area contributed by atoms with E-state index in [-0.39, 0.29) is 34.1 Å². The second-order valence-corrected chi connectivity index (χ2v) is 7.94. The first-order valence-electron chi connectivity index (χ1n) is 6.33. The summed E-state index contributed by atoms with van der Waals surface area (Å²) >= 11 is 16.4. The molecular formula is C14H12BrCl2N3O2S. The Morgan fingerprint density at radius 3 is 2.43 bits per heavy atom. The standard InChI is InChI=1S/C14H12BrCl2N3O2S/c1-20(14(22)10-2-3-11(15)23-10)6-12(21)19-7-4-8(16)13(18)9(17)5-7/h2-5H,6,18H2,1H3,(H,19,21). The lowest BCUT2D eigenvalue weighted by molar-refractivity contribution is -0.116. The molecule has 0 spiro atoms. The maximum absolute atomic E-state index is 12.2. The van der Waals surface area contributed by atoms with Crippen LogP contribution in [0.3, 0.4) is 0 Å². The number of halogens is 3. The number of hydrogen-bond acceptors (Lipinski definition) is 4. The van der Waals surface area contributed by atoms with Crippen molar-refractivity contribution in [2.75, 3.05) is 24.6 Å². The highest BCUT2D eigenvalue weighted by Crippen LogP contribution is 2.31. The third-order valence-electron chi connectivity index (χ3n) is 2.87. The van der Waals surface area contributed by atoms with E-state index < -0.39 is 0 Å². The van der Waals surface area contributed by atoms with E-state index in [0.29, 0.717) is 10.6 Å². The number of benzene rings is 1. The highest BCUT2D eigenvalue weighted by molar-refractivity contribution is 9.11. The fourth-order valence-corrected chi connectivity index (χ4v) is 3.63. The molecule has 0 saturated carbocycles. The first-order chi connectivity index (χ1) is 10.8. The van der Waals surface area contributed by atoms with Gasteiger partial charge < -0.3 is 16.0 Å². The molecule has 1 aromatic carbocycles. The summed E-state index contributed by atoms with van der Waals surface area (Å²) in [6.07, 6.45) is 0. The number of nitrogens with two attached hydrogens (primary N) is 1. The van der Waals surface area contributed by atoms with E-state index in [1.165, 1.54) is 28.4 Å². The molecule has 23 heavy (non-hydrogen) atoms. The number of nitrogens with one attached hydrogen (secondary N) is 1. The van der Waals surface area contributed by atoms with Crippen LogP contribution in [-0.2, 0) is 4.79 Å². The number of nitrogen functional groups attached to an aromatic ring is 1. The van der Waals surface area contributed by atoms with Gasteiger partial charge in [0, 0.05) is 12.7 Å². The number of rotatable bonds is 4. The van der Waals surface area contributed by atoms with Crippen molar-refractivity contribution in [3.05, 3.63) is 43.0 Å². The maximum atomic E-state index is 12.2. The number of carbonyl (C=O) groups excluding carboxylic acids is 2. The van der Waals surface area contributed by atoms with Crippen LogP contribution >= 0.6 is 50.5 Å². The van der Waals surface area contributed by atoms with Crippen LogP contribution in [0.1, 0.15) is 9.67 Å². The molecule has 0 atom stereocenters. The summed E-state index contributed by atoms with van der Waals surface area (Å²) in [6.45, 7) is -0.103. The van der Waals surface area contributed by atoms with Crippen LogP contribution in [0.2, 0.25) is 10.0 Å². The molecule has 3 N–H and O–H groups in total. The van der Waals surface area contributed by atoms with E-state index in [1.54, 1.807) is 19.2 Å². The van der Waals surface area contributed by atoms with Crippen molar-refractivity contribution in [1.29, 1.82) is 0 Å². The van der Waals surface area contributed by atoms with Crippen molar-refractivity contribution < 1.29 is 9.59 Å². The third-order valence-corrected chi connectivity index (χ3v) is 5.11. The highest BCUT2D eigenvalue weighted by atomic mass is 79.9. The zero-order chi connectivity index (χ0) is 17.1. The average molecular weight is 437 g/mol. The van der Waals surface area contributed by atoms with Gasteiger partial charge in [-0.05, 0) is 40.2 Å². The smallest absolute Gasteiger partial charge is 0.264 e. The predicted molar refractivity (Wildman–Crippen MR) is 98.5 cm³/mol. The van der Waals surface area contributed by atoms with Gasteiger partial charge in [0.25, 0.3) is 5.91 Å². The fraction of sp³-hybridized carbons (Fsp3) is 0.143. The minimum Gasteiger partial charge on any atom is -0.396 e. The molecule has 0 aliphatic rings. The molecule has 0 radical (unpaired) electrons. The van der Waals surface area contributed by atoms with Gasteiger partial charge in [-0.1, -0.05) is 23.2 Å². The molecule has 5 nitrogen and oxygen atoms in total. The summed E-state index contributed by atoms with van der Waals surface area (Å²) in [6, 6.07) is 6.48. The van der Waals surface area contributed by atoms with E-state index in [2.05, 4.69) is 21.2 Å². The Morgan fingerprint density at radius 1 is 1.30 bits per heavy atom. The number of likely N-dealkylation sites (N-methyl/N-ethyl adjacent to an activating group) is 1. The van der Waals surface area contributed by atoms with Crippen molar-refractivity contribution in [2.24, 2.45) is 0 Å². The van der Waals surface area contributed by atoms with Gasteiger partial charge in [-0.3, -0.25) is 9.59 Å². The number of anilines is 2. The van der Waals surface area contributed by atoms with Crippen LogP contribution in [0, 0.1) is 0 Å². The molecule has 9 heteroatoms. The monoisotopic (exact) mass is 435 g/mol. The molecular weight excluding hydrogens is 425 g/mol.